The Morgan fingerprint density at radius 3 is 2.96 bits per heavy atom. The number of benzene rings is 1. The molecule has 1 aromatic carbocycles. The van der Waals surface area contributed by atoms with Gasteiger partial charge in [0.05, 0.1) is 17.8 Å². The molecule has 1 aliphatic heterocycles. The summed E-state index contributed by atoms with van der Waals surface area (Å²) in [6.45, 7) is 6.80. The van der Waals surface area contributed by atoms with Gasteiger partial charge in [0.2, 0.25) is 0 Å². The summed E-state index contributed by atoms with van der Waals surface area (Å²) in [5.74, 6) is 1.05. The van der Waals surface area contributed by atoms with Gasteiger partial charge in [-0.1, -0.05) is 23.4 Å². The van der Waals surface area contributed by atoms with Crippen molar-refractivity contribution < 1.29 is 14.1 Å². The van der Waals surface area contributed by atoms with Crippen molar-refractivity contribution in [3.8, 4) is 17.1 Å². The summed E-state index contributed by atoms with van der Waals surface area (Å²) in [6.07, 6.45) is 4.23. The van der Waals surface area contributed by atoms with Crippen molar-refractivity contribution in [2.24, 2.45) is 0 Å². The van der Waals surface area contributed by atoms with Gasteiger partial charge in [-0.2, -0.15) is 5.10 Å². The fraction of sp³-hybridized carbons (Fsp3) is 0.350. The van der Waals surface area contributed by atoms with Gasteiger partial charge in [-0.05, 0) is 26.8 Å². The highest BCUT2D eigenvalue weighted by Crippen LogP contribution is 2.39. The molecule has 1 atom stereocenters. The zero-order valence-electron chi connectivity index (χ0n) is 15.6. The lowest BCUT2D eigenvalue weighted by Crippen LogP contribution is -2.41. The number of rotatable bonds is 4. The minimum Gasteiger partial charge on any atom is -0.487 e. The van der Waals surface area contributed by atoms with Crippen LogP contribution >= 0.6 is 0 Å². The number of hydrogen-bond donors (Lipinski definition) is 1. The molecule has 27 heavy (non-hydrogen) atoms. The summed E-state index contributed by atoms with van der Waals surface area (Å²) >= 11 is 0. The lowest BCUT2D eigenvalue weighted by atomic mass is 9.89. The minimum absolute atomic E-state index is 0.152. The first kappa shape index (κ1) is 17.3. The normalized spacial score (nSPS) is 17.8. The van der Waals surface area contributed by atoms with Crippen molar-refractivity contribution in [1.82, 2.24) is 20.3 Å². The van der Waals surface area contributed by atoms with Crippen molar-refractivity contribution in [3.05, 3.63) is 54.0 Å². The number of fused-ring (bicyclic) bond motifs is 1. The van der Waals surface area contributed by atoms with Crippen molar-refractivity contribution >= 4 is 5.91 Å². The predicted octanol–water partition coefficient (Wildman–Crippen LogP) is 3.59. The number of aromatic nitrogens is 3. The Labute approximate surface area is 157 Å². The van der Waals surface area contributed by atoms with E-state index < -0.39 is 0 Å². The summed E-state index contributed by atoms with van der Waals surface area (Å²) in [5, 5.41) is 11.2. The zero-order valence-corrected chi connectivity index (χ0v) is 15.6. The van der Waals surface area contributed by atoms with Crippen molar-refractivity contribution in [1.29, 1.82) is 0 Å². The van der Waals surface area contributed by atoms with Crippen LogP contribution in [-0.2, 0) is 6.54 Å². The molecule has 3 aromatic rings. The molecule has 1 amide bonds. The molecule has 1 aliphatic rings. The van der Waals surface area contributed by atoms with Gasteiger partial charge in [0.1, 0.15) is 11.4 Å². The molecule has 0 saturated carbocycles. The first-order valence-electron chi connectivity index (χ1n) is 9.03. The van der Waals surface area contributed by atoms with Crippen LogP contribution in [0.5, 0.6) is 5.75 Å². The maximum Gasteiger partial charge on any atom is 0.273 e. The number of ether oxygens (including phenoxy) is 1. The topological polar surface area (TPSA) is 82.2 Å². The van der Waals surface area contributed by atoms with Crippen LogP contribution in [0.3, 0.4) is 0 Å². The fourth-order valence-electron chi connectivity index (χ4n) is 3.35. The second-order valence-corrected chi connectivity index (χ2v) is 7.29. The third-order valence-electron chi connectivity index (χ3n) is 4.67. The number of nitrogens with one attached hydrogen (secondary N) is 1. The van der Waals surface area contributed by atoms with E-state index in [9.17, 15) is 4.79 Å². The van der Waals surface area contributed by atoms with Crippen LogP contribution in [0.2, 0.25) is 0 Å². The predicted molar refractivity (Wildman–Crippen MR) is 99.4 cm³/mol. The Morgan fingerprint density at radius 2 is 2.19 bits per heavy atom. The van der Waals surface area contributed by atoms with Gasteiger partial charge in [0, 0.05) is 30.8 Å². The van der Waals surface area contributed by atoms with Crippen LogP contribution in [0.4, 0.5) is 0 Å². The SMILES string of the molecule is CCn1cc(-c2cc(C(=O)N[C@H]3CC(C)(C)Oc4ccccc43)no2)cn1. The molecule has 0 bridgehead atoms. The highest BCUT2D eigenvalue weighted by Gasteiger charge is 2.34. The lowest BCUT2D eigenvalue weighted by Gasteiger charge is -2.37. The van der Waals surface area contributed by atoms with E-state index in [0.29, 0.717) is 12.2 Å². The Morgan fingerprint density at radius 1 is 1.37 bits per heavy atom. The van der Waals surface area contributed by atoms with Crippen LogP contribution in [0.25, 0.3) is 11.3 Å². The molecule has 140 valence electrons. The molecule has 0 saturated heterocycles. The quantitative estimate of drug-likeness (QED) is 0.763. The van der Waals surface area contributed by atoms with Gasteiger partial charge in [-0.3, -0.25) is 9.48 Å². The van der Waals surface area contributed by atoms with Gasteiger partial charge < -0.3 is 14.6 Å². The second kappa shape index (κ2) is 6.57. The van der Waals surface area contributed by atoms with E-state index >= 15 is 0 Å². The summed E-state index contributed by atoms with van der Waals surface area (Å²) in [7, 11) is 0. The highest BCUT2D eigenvalue weighted by atomic mass is 16.5. The molecule has 0 unspecified atom stereocenters. The first-order chi connectivity index (χ1) is 12.9. The van der Waals surface area contributed by atoms with Gasteiger partial charge in [-0.15, -0.1) is 0 Å². The summed E-state index contributed by atoms with van der Waals surface area (Å²) in [5.41, 5.74) is 1.64. The molecular weight excluding hydrogens is 344 g/mol. The second-order valence-electron chi connectivity index (χ2n) is 7.29. The maximum absolute atomic E-state index is 12.7. The molecule has 3 heterocycles. The molecule has 1 N–H and O–H groups in total. The van der Waals surface area contributed by atoms with E-state index in [4.69, 9.17) is 9.26 Å². The Balaban J connectivity index is 1.54. The number of amides is 1. The molecule has 0 aliphatic carbocycles. The molecule has 2 aromatic heterocycles. The van der Waals surface area contributed by atoms with Gasteiger partial charge in [0.25, 0.3) is 5.91 Å². The smallest absolute Gasteiger partial charge is 0.273 e. The van der Waals surface area contributed by atoms with Gasteiger partial charge in [0.15, 0.2) is 11.5 Å². The van der Waals surface area contributed by atoms with E-state index in [1.54, 1.807) is 16.9 Å². The number of aryl methyl sites for hydroxylation is 1. The van der Waals surface area contributed by atoms with Crippen LogP contribution in [-0.4, -0.2) is 26.4 Å². The van der Waals surface area contributed by atoms with Crippen LogP contribution < -0.4 is 10.1 Å². The minimum atomic E-state index is -0.365. The molecule has 4 rings (SSSR count). The average Bonchev–Trinajstić information content (AvgIpc) is 3.30. The van der Waals surface area contributed by atoms with Crippen molar-refractivity contribution in [2.45, 2.75) is 45.4 Å². The van der Waals surface area contributed by atoms with Crippen LogP contribution in [0.15, 0.2) is 47.2 Å². The molecular formula is C20H22N4O3. The maximum atomic E-state index is 12.7. The van der Waals surface area contributed by atoms with E-state index in [1.807, 2.05) is 51.2 Å². The van der Waals surface area contributed by atoms with Crippen molar-refractivity contribution in [3.63, 3.8) is 0 Å². The fourth-order valence-corrected chi connectivity index (χ4v) is 3.35. The first-order valence-corrected chi connectivity index (χ1v) is 9.03. The summed E-state index contributed by atoms with van der Waals surface area (Å²) in [4.78, 5) is 12.7. The third-order valence-corrected chi connectivity index (χ3v) is 4.67. The number of carbonyl (C=O) groups excluding carboxylic acids is 1. The molecule has 0 radical (unpaired) electrons. The number of nitrogens with zero attached hydrogens (tertiary/aromatic N) is 3. The zero-order chi connectivity index (χ0) is 19.0. The van der Waals surface area contributed by atoms with E-state index in [1.165, 1.54) is 0 Å². The Kier molecular flexibility index (Phi) is 4.22. The largest absolute Gasteiger partial charge is 0.487 e. The molecule has 7 nitrogen and oxygen atoms in total. The van der Waals surface area contributed by atoms with E-state index in [0.717, 1.165) is 23.4 Å². The average molecular weight is 366 g/mol. The van der Waals surface area contributed by atoms with E-state index in [2.05, 4.69) is 15.6 Å². The Hall–Kier alpha value is -3.09. The molecule has 0 fully saturated rings. The number of hydrogen-bond acceptors (Lipinski definition) is 5. The standard InChI is InChI=1S/C20H22N4O3/c1-4-24-12-13(11-21-24)18-9-15(23-27-18)19(25)22-16-10-20(2,3)26-17-8-6-5-7-14(16)17/h5-9,11-12,16H,4,10H2,1-3H3,(H,22,25)/t16-/m0/s1. The van der Waals surface area contributed by atoms with Gasteiger partial charge in [-0.25, -0.2) is 0 Å². The molecule has 7 heteroatoms. The lowest BCUT2D eigenvalue weighted by molar-refractivity contribution is 0.0617. The number of para-hydroxylation sites is 1. The van der Waals surface area contributed by atoms with Crippen LogP contribution in [0, 0.1) is 0 Å². The van der Waals surface area contributed by atoms with Crippen molar-refractivity contribution in [2.75, 3.05) is 0 Å². The summed E-state index contributed by atoms with van der Waals surface area (Å²) < 4.78 is 13.1. The summed E-state index contributed by atoms with van der Waals surface area (Å²) in [6, 6.07) is 9.26. The van der Waals surface area contributed by atoms with E-state index in [-0.39, 0.29) is 23.2 Å². The third kappa shape index (κ3) is 3.45. The van der Waals surface area contributed by atoms with Crippen LogP contribution in [0.1, 0.15) is 49.3 Å². The van der Waals surface area contributed by atoms with Gasteiger partial charge >= 0.3 is 0 Å². The monoisotopic (exact) mass is 366 g/mol. The Bertz CT molecular complexity index is 973. The highest BCUT2D eigenvalue weighted by molar-refractivity contribution is 5.93. The number of carbonyl (C=O) groups is 1. The molecule has 0 spiro atoms.